The maximum Gasteiger partial charge on any atom is 0.157 e. The highest BCUT2D eigenvalue weighted by molar-refractivity contribution is 5.90. The quantitative estimate of drug-likeness (QED) is 0.624. The predicted octanol–water partition coefficient (Wildman–Crippen LogP) is 2.34. The molecule has 0 rings (SSSR count). The minimum Gasteiger partial charge on any atom is -0.367 e. The van der Waals surface area contributed by atoms with Gasteiger partial charge in [-0.2, -0.15) is 0 Å². The fourth-order valence-corrected chi connectivity index (χ4v) is 0.997. The maximum absolute atomic E-state index is 11.0. The Hall–Kier alpha value is -1.38. The number of ketones is 2. The summed E-state index contributed by atoms with van der Waals surface area (Å²) in [6, 6.07) is 0. The van der Waals surface area contributed by atoms with E-state index in [-0.39, 0.29) is 11.6 Å². The molecule has 0 aliphatic rings. The Morgan fingerprint density at radius 1 is 0.933 bits per heavy atom. The van der Waals surface area contributed by atoms with E-state index in [4.69, 9.17) is 0 Å². The first-order valence-corrected chi connectivity index (χ1v) is 5.35. The molecule has 0 spiro atoms. The summed E-state index contributed by atoms with van der Waals surface area (Å²) in [6.45, 7) is 3.92. The van der Waals surface area contributed by atoms with Crippen molar-refractivity contribution in [2.24, 2.45) is 0 Å². The summed E-state index contributed by atoms with van der Waals surface area (Å²) >= 11 is 0. The molecule has 3 nitrogen and oxygen atoms in total. The lowest BCUT2D eigenvalue weighted by Crippen LogP contribution is -1.99. The number of carbonyl (C=O) groups is 2. The van der Waals surface area contributed by atoms with Gasteiger partial charge in [0.2, 0.25) is 0 Å². The SMILES string of the molecule is CCCC(=O)/C=C\N/C=C\C(=O)CCC. The third kappa shape index (κ3) is 8.94. The summed E-state index contributed by atoms with van der Waals surface area (Å²) in [6.07, 6.45) is 8.91. The van der Waals surface area contributed by atoms with Crippen molar-refractivity contribution in [3.63, 3.8) is 0 Å². The predicted molar refractivity (Wildman–Crippen MR) is 61.2 cm³/mol. The summed E-state index contributed by atoms with van der Waals surface area (Å²) in [7, 11) is 0. The van der Waals surface area contributed by atoms with Crippen LogP contribution in [-0.4, -0.2) is 11.6 Å². The van der Waals surface area contributed by atoms with E-state index < -0.39 is 0 Å². The van der Waals surface area contributed by atoms with E-state index >= 15 is 0 Å². The van der Waals surface area contributed by atoms with Crippen molar-refractivity contribution in [2.45, 2.75) is 39.5 Å². The van der Waals surface area contributed by atoms with Crippen LogP contribution >= 0.6 is 0 Å². The van der Waals surface area contributed by atoms with Gasteiger partial charge in [0.05, 0.1) is 0 Å². The minimum absolute atomic E-state index is 0.0956. The van der Waals surface area contributed by atoms with Crippen molar-refractivity contribution in [3.05, 3.63) is 24.6 Å². The van der Waals surface area contributed by atoms with E-state index in [1.54, 1.807) is 12.4 Å². The number of allylic oxidation sites excluding steroid dienone is 2. The standard InChI is InChI=1S/C12H19NO2/c1-3-5-11(14)7-9-13-10-8-12(15)6-4-2/h7-10,13H,3-6H2,1-2H3/b9-7-,10-8-. The second-order valence-corrected chi connectivity index (χ2v) is 3.27. The fraction of sp³-hybridized carbons (Fsp3) is 0.500. The second-order valence-electron chi connectivity index (χ2n) is 3.27. The lowest BCUT2D eigenvalue weighted by molar-refractivity contribution is -0.115. The molecule has 0 aliphatic carbocycles. The second kappa shape index (κ2) is 9.19. The summed E-state index contributed by atoms with van der Waals surface area (Å²) < 4.78 is 0. The molecule has 0 aromatic rings. The van der Waals surface area contributed by atoms with Gasteiger partial charge in [-0.15, -0.1) is 0 Å². The normalized spacial score (nSPS) is 11.1. The Kier molecular flexibility index (Phi) is 8.34. The monoisotopic (exact) mass is 209 g/mol. The number of carbonyl (C=O) groups excluding carboxylic acids is 2. The molecule has 0 aromatic heterocycles. The van der Waals surface area contributed by atoms with Crippen molar-refractivity contribution in [2.75, 3.05) is 0 Å². The molecule has 0 unspecified atom stereocenters. The van der Waals surface area contributed by atoms with E-state index in [0.717, 1.165) is 12.8 Å². The largest absolute Gasteiger partial charge is 0.367 e. The Morgan fingerprint density at radius 3 is 1.67 bits per heavy atom. The van der Waals surface area contributed by atoms with E-state index in [2.05, 4.69) is 5.32 Å². The molecule has 0 aliphatic heterocycles. The highest BCUT2D eigenvalue weighted by atomic mass is 16.1. The molecule has 0 bridgehead atoms. The molecule has 3 heteroatoms. The number of hydrogen-bond acceptors (Lipinski definition) is 3. The van der Waals surface area contributed by atoms with Gasteiger partial charge in [-0.25, -0.2) is 0 Å². The summed E-state index contributed by atoms with van der Waals surface area (Å²) in [5.41, 5.74) is 0. The molecule has 0 fully saturated rings. The van der Waals surface area contributed by atoms with Crippen LogP contribution in [0.1, 0.15) is 39.5 Å². The van der Waals surface area contributed by atoms with Crippen LogP contribution in [0.2, 0.25) is 0 Å². The van der Waals surface area contributed by atoms with Gasteiger partial charge in [0.25, 0.3) is 0 Å². The number of hydrogen-bond donors (Lipinski definition) is 1. The van der Waals surface area contributed by atoms with Crippen LogP contribution in [0.4, 0.5) is 0 Å². The summed E-state index contributed by atoms with van der Waals surface area (Å²) in [4.78, 5) is 22.0. The molecule has 0 amide bonds. The summed E-state index contributed by atoms with van der Waals surface area (Å²) in [5.74, 6) is 0.191. The third-order valence-electron chi connectivity index (χ3n) is 1.72. The van der Waals surface area contributed by atoms with E-state index in [1.807, 2.05) is 13.8 Å². The molecule has 15 heavy (non-hydrogen) atoms. The Bertz CT molecular complexity index is 228. The van der Waals surface area contributed by atoms with Gasteiger partial charge >= 0.3 is 0 Å². The average Bonchev–Trinajstić information content (AvgIpc) is 2.18. The van der Waals surface area contributed by atoms with Gasteiger partial charge in [0.1, 0.15) is 0 Å². The van der Waals surface area contributed by atoms with E-state index in [1.165, 1.54) is 12.2 Å². The van der Waals surface area contributed by atoms with Crippen molar-refractivity contribution in [3.8, 4) is 0 Å². The summed E-state index contributed by atoms with van der Waals surface area (Å²) in [5, 5.41) is 2.76. The zero-order valence-corrected chi connectivity index (χ0v) is 9.45. The lowest BCUT2D eigenvalue weighted by atomic mass is 10.2. The number of nitrogens with one attached hydrogen (secondary N) is 1. The molecule has 84 valence electrons. The topological polar surface area (TPSA) is 46.2 Å². The zero-order chi connectivity index (χ0) is 11.5. The number of rotatable bonds is 8. The van der Waals surface area contributed by atoms with Crippen molar-refractivity contribution in [1.29, 1.82) is 0 Å². The third-order valence-corrected chi connectivity index (χ3v) is 1.72. The van der Waals surface area contributed by atoms with Gasteiger partial charge in [-0.3, -0.25) is 9.59 Å². The van der Waals surface area contributed by atoms with E-state index in [9.17, 15) is 9.59 Å². The van der Waals surface area contributed by atoms with Crippen LogP contribution in [-0.2, 0) is 9.59 Å². The first-order chi connectivity index (χ1) is 7.20. The minimum atomic E-state index is 0.0956. The van der Waals surface area contributed by atoms with Crippen LogP contribution in [0, 0.1) is 0 Å². The molecule has 1 N–H and O–H groups in total. The average molecular weight is 209 g/mol. The molecule has 0 saturated heterocycles. The molecular weight excluding hydrogens is 190 g/mol. The van der Waals surface area contributed by atoms with Crippen LogP contribution in [0.5, 0.6) is 0 Å². The van der Waals surface area contributed by atoms with Crippen molar-refractivity contribution >= 4 is 11.6 Å². The van der Waals surface area contributed by atoms with Crippen LogP contribution in [0.25, 0.3) is 0 Å². The van der Waals surface area contributed by atoms with Crippen LogP contribution in [0.15, 0.2) is 24.6 Å². The highest BCUT2D eigenvalue weighted by Gasteiger charge is 1.92. The Labute approximate surface area is 91.2 Å². The van der Waals surface area contributed by atoms with Gasteiger partial charge in [0, 0.05) is 25.2 Å². The lowest BCUT2D eigenvalue weighted by Gasteiger charge is -1.91. The van der Waals surface area contributed by atoms with Gasteiger partial charge in [-0.1, -0.05) is 13.8 Å². The molecule has 0 radical (unpaired) electrons. The maximum atomic E-state index is 11.0. The first kappa shape index (κ1) is 13.6. The molecule has 0 aromatic carbocycles. The smallest absolute Gasteiger partial charge is 0.157 e. The molecule has 0 saturated carbocycles. The van der Waals surface area contributed by atoms with Crippen LogP contribution < -0.4 is 5.32 Å². The molecular formula is C12H19NO2. The molecule has 0 atom stereocenters. The van der Waals surface area contributed by atoms with Crippen molar-refractivity contribution in [1.82, 2.24) is 5.32 Å². The Morgan fingerprint density at radius 2 is 1.33 bits per heavy atom. The zero-order valence-electron chi connectivity index (χ0n) is 9.45. The fourth-order valence-electron chi connectivity index (χ4n) is 0.997. The van der Waals surface area contributed by atoms with Crippen LogP contribution in [0.3, 0.4) is 0 Å². The highest BCUT2D eigenvalue weighted by Crippen LogP contribution is 1.90. The van der Waals surface area contributed by atoms with Crippen molar-refractivity contribution < 1.29 is 9.59 Å². The first-order valence-electron chi connectivity index (χ1n) is 5.35. The van der Waals surface area contributed by atoms with Gasteiger partial charge in [-0.05, 0) is 25.0 Å². The Balaban J connectivity index is 3.68. The molecule has 0 heterocycles. The van der Waals surface area contributed by atoms with Gasteiger partial charge in [0.15, 0.2) is 11.6 Å². The van der Waals surface area contributed by atoms with Gasteiger partial charge < -0.3 is 5.32 Å². The van der Waals surface area contributed by atoms with E-state index in [0.29, 0.717) is 12.8 Å².